The van der Waals surface area contributed by atoms with Gasteiger partial charge in [0.2, 0.25) is 0 Å². The van der Waals surface area contributed by atoms with Gasteiger partial charge in [0.05, 0.1) is 16.6 Å². The Hall–Kier alpha value is -2.74. The van der Waals surface area contributed by atoms with Gasteiger partial charge in [-0.15, -0.1) is 11.3 Å². The molecule has 0 radical (unpaired) electrons. The van der Waals surface area contributed by atoms with Gasteiger partial charge < -0.3 is 14.6 Å². The maximum Gasteiger partial charge on any atom is 0.267 e. The summed E-state index contributed by atoms with van der Waals surface area (Å²) in [5, 5.41) is 12.6. The second kappa shape index (κ2) is 5.96. The molecule has 2 aromatic heterocycles. The molecule has 5 nitrogen and oxygen atoms in total. The van der Waals surface area contributed by atoms with Crippen LogP contribution in [-0.4, -0.2) is 22.6 Å². The second-order valence-electron chi connectivity index (χ2n) is 5.60. The fourth-order valence-electron chi connectivity index (χ4n) is 2.70. The van der Waals surface area contributed by atoms with Crippen molar-refractivity contribution in [1.82, 2.24) is 4.57 Å². The molecule has 3 rings (SSSR count). The number of amides is 1. The van der Waals surface area contributed by atoms with E-state index in [2.05, 4.69) is 0 Å². The summed E-state index contributed by atoms with van der Waals surface area (Å²) in [6.45, 7) is 1.76. The lowest BCUT2D eigenvalue weighted by Gasteiger charge is -2.19. The van der Waals surface area contributed by atoms with E-state index < -0.39 is 34.4 Å². The molecule has 3 aromatic rings. The molecule has 1 amide bonds. The zero-order valence-corrected chi connectivity index (χ0v) is 14.4. The van der Waals surface area contributed by atoms with Crippen LogP contribution in [0.4, 0.5) is 14.5 Å². The molecule has 1 N–H and O–H groups in total. The quantitative estimate of drug-likeness (QED) is 0.760. The predicted octanol–water partition coefficient (Wildman–Crippen LogP) is 3.17. The standard InChI is InChI=1S/C17H14F2N2O3S/c1-8-13-12(7-25-8)21(3)17(24)14(15(13)22)16(23)20(2)11-5-4-9(18)6-10(11)19/h4-7,22H,1-3H3. The van der Waals surface area contributed by atoms with Crippen molar-refractivity contribution in [3.8, 4) is 5.75 Å². The van der Waals surface area contributed by atoms with Crippen molar-refractivity contribution in [2.45, 2.75) is 6.92 Å². The molecule has 1 aromatic carbocycles. The maximum absolute atomic E-state index is 13.9. The van der Waals surface area contributed by atoms with Crippen molar-refractivity contribution >= 4 is 33.8 Å². The van der Waals surface area contributed by atoms with Gasteiger partial charge in [-0.05, 0) is 19.1 Å². The normalized spacial score (nSPS) is 11.1. The number of fused-ring (bicyclic) bond motifs is 1. The van der Waals surface area contributed by atoms with Crippen molar-refractivity contribution in [2.75, 3.05) is 11.9 Å². The molecule has 0 aliphatic rings. The molecule has 0 fully saturated rings. The van der Waals surface area contributed by atoms with Gasteiger partial charge in [-0.2, -0.15) is 0 Å². The van der Waals surface area contributed by atoms with Gasteiger partial charge in [-0.3, -0.25) is 9.59 Å². The Kier molecular flexibility index (Phi) is 4.08. The number of anilines is 1. The lowest BCUT2D eigenvalue weighted by atomic mass is 10.1. The van der Waals surface area contributed by atoms with Crippen molar-refractivity contribution in [3.63, 3.8) is 0 Å². The molecule has 25 heavy (non-hydrogen) atoms. The zero-order chi connectivity index (χ0) is 18.5. The third kappa shape index (κ3) is 2.58. The minimum absolute atomic E-state index is 0.199. The van der Waals surface area contributed by atoms with E-state index in [1.54, 1.807) is 12.3 Å². The predicted molar refractivity (Wildman–Crippen MR) is 92.6 cm³/mol. The molecular formula is C17H14F2N2O3S. The summed E-state index contributed by atoms with van der Waals surface area (Å²) in [6.07, 6.45) is 0. The minimum Gasteiger partial charge on any atom is -0.506 e. The Balaban J connectivity index is 2.20. The summed E-state index contributed by atoms with van der Waals surface area (Å²) in [6, 6.07) is 2.74. The van der Waals surface area contributed by atoms with Crippen LogP contribution in [0.1, 0.15) is 15.2 Å². The van der Waals surface area contributed by atoms with Gasteiger partial charge in [0.15, 0.2) is 0 Å². The number of rotatable bonds is 2. The van der Waals surface area contributed by atoms with Crippen LogP contribution in [0.3, 0.4) is 0 Å². The highest BCUT2D eigenvalue weighted by Crippen LogP contribution is 2.34. The summed E-state index contributed by atoms with van der Waals surface area (Å²) < 4.78 is 28.3. The number of nitrogens with zero attached hydrogens (tertiary/aromatic N) is 2. The third-order valence-electron chi connectivity index (χ3n) is 4.10. The van der Waals surface area contributed by atoms with Crippen LogP contribution in [0.5, 0.6) is 5.75 Å². The number of carbonyl (C=O) groups is 1. The maximum atomic E-state index is 13.9. The number of halogens is 2. The summed E-state index contributed by atoms with van der Waals surface area (Å²) in [5.74, 6) is -3.04. The average Bonchev–Trinajstić information content (AvgIpc) is 2.94. The van der Waals surface area contributed by atoms with Crippen molar-refractivity contribution < 1.29 is 18.7 Å². The number of benzene rings is 1. The summed E-state index contributed by atoms with van der Waals surface area (Å²) in [4.78, 5) is 26.9. The number of hydrogen-bond acceptors (Lipinski definition) is 4. The molecule has 130 valence electrons. The Morgan fingerprint density at radius 2 is 2.00 bits per heavy atom. The van der Waals surface area contributed by atoms with Crippen molar-refractivity contribution in [3.05, 3.63) is 56.0 Å². The molecule has 0 unspecified atom stereocenters. The molecule has 0 atom stereocenters. The summed E-state index contributed by atoms with van der Waals surface area (Å²) >= 11 is 1.34. The van der Waals surface area contributed by atoms with Crippen LogP contribution in [-0.2, 0) is 7.05 Å². The van der Waals surface area contributed by atoms with Gasteiger partial charge in [0, 0.05) is 30.4 Å². The van der Waals surface area contributed by atoms with Crippen molar-refractivity contribution in [2.24, 2.45) is 7.05 Å². The monoisotopic (exact) mass is 364 g/mol. The van der Waals surface area contributed by atoms with Gasteiger partial charge in [0.25, 0.3) is 11.5 Å². The van der Waals surface area contributed by atoms with Gasteiger partial charge in [-0.1, -0.05) is 0 Å². The molecule has 2 heterocycles. The number of aromatic hydroxyl groups is 1. The third-order valence-corrected chi connectivity index (χ3v) is 5.00. The van der Waals surface area contributed by atoms with Crippen LogP contribution in [0.15, 0.2) is 28.4 Å². The number of hydrogen-bond donors (Lipinski definition) is 1. The average molecular weight is 364 g/mol. The van der Waals surface area contributed by atoms with Gasteiger partial charge >= 0.3 is 0 Å². The first-order chi connectivity index (χ1) is 11.7. The fourth-order valence-corrected chi connectivity index (χ4v) is 3.59. The van der Waals surface area contributed by atoms with Gasteiger partial charge in [-0.25, -0.2) is 8.78 Å². The van der Waals surface area contributed by atoms with Crippen LogP contribution >= 0.6 is 11.3 Å². The minimum atomic E-state index is -0.944. The lowest BCUT2D eigenvalue weighted by molar-refractivity contribution is 0.0988. The number of pyridine rings is 1. The van der Waals surface area contributed by atoms with Crippen LogP contribution in [0.2, 0.25) is 0 Å². The van der Waals surface area contributed by atoms with Gasteiger partial charge in [0.1, 0.15) is 22.9 Å². The highest BCUT2D eigenvalue weighted by Gasteiger charge is 2.27. The Bertz CT molecular complexity index is 1070. The highest BCUT2D eigenvalue weighted by molar-refractivity contribution is 7.11. The molecule has 0 saturated heterocycles. The highest BCUT2D eigenvalue weighted by atomic mass is 32.1. The van der Waals surface area contributed by atoms with E-state index in [4.69, 9.17) is 0 Å². The van der Waals surface area contributed by atoms with E-state index in [9.17, 15) is 23.5 Å². The fraction of sp³-hybridized carbons (Fsp3) is 0.176. The first-order valence-corrected chi connectivity index (χ1v) is 8.14. The van der Waals surface area contributed by atoms with Crippen molar-refractivity contribution in [1.29, 1.82) is 0 Å². The smallest absolute Gasteiger partial charge is 0.267 e. The number of aryl methyl sites for hydroxylation is 2. The number of aromatic nitrogens is 1. The number of carbonyl (C=O) groups excluding carboxylic acids is 1. The molecular weight excluding hydrogens is 350 g/mol. The topological polar surface area (TPSA) is 62.5 Å². The van der Waals surface area contributed by atoms with Crippen LogP contribution < -0.4 is 10.5 Å². The summed E-state index contributed by atoms with van der Waals surface area (Å²) in [5.41, 5.74) is -0.836. The van der Waals surface area contributed by atoms with E-state index in [-0.39, 0.29) is 5.69 Å². The SMILES string of the molecule is Cc1scc2c1c(O)c(C(=O)N(C)c1ccc(F)cc1F)c(=O)n2C. The van der Waals surface area contributed by atoms with E-state index in [1.165, 1.54) is 30.0 Å². The molecule has 0 aliphatic heterocycles. The lowest BCUT2D eigenvalue weighted by Crippen LogP contribution is -2.34. The first-order valence-electron chi connectivity index (χ1n) is 7.27. The van der Waals surface area contributed by atoms with E-state index in [0.717, 1.165) is 21.9 Å². The second-order valence-corrected chi connectivity index (χ2v) is 6.68. The van der Waals surface area contributed by atoms with E-state index >= 15 is 0 Å². The largest absolute Gasteiger partial charge is 0.506 e. The van der Waals surface area contributed by atoms with E-state index in [0.29, 0.717) is 17.0 Å². The van der Waals surface area contributed by atoms with Crippen LogP contribution in [0.25, 0.3) is 10.9 Å². The molecule has 0 spiro atoms. The van der Waals surface area contributed by atoms with Crippen LogP contribution in [0, 0.1) is 18.6 Å². The summed E-state index contributed by atoms with van der Waals surface area (Å²) in [7, 11) is 2.74. The molecule has 0 bridgehead atoms. The Morgan fingerprint density at radius 3 is 2.64 bits per heavy atom. The first kappa shape index (κ1) is 17.1. The van der Waals surface area contributed by atoms with E-state index in [1.807, 2.05) is 0 Å². The Morgan fingerprint density at radius 1 is 1.32 bits per heavy atom. The molecule has 8 heteroatoms. The molecule has 0 saturated carbocycles. The number of thiophene rings is 1. The zero-order valence-electron chi connectivity index (χ0n) is 13.6. The molecule has 0 aliphatic carbocycles. The Labute approximate surface area is 145 Å².